The molecule has 0 spiro atoms. The van der Waals surface area contributed by atoms with Crippen LogP contribution in [0.4, 0.5) is 0 Å². The molecule has 1 aromatic heterocycles. The van der Waals surface area contributed by atoms with Crippen LogP contribution in [-0.2, 0) is 11.3 Å². The zero-order valence-corrected chi connectivity index (χ0v) is 8.36. The Morgan fingerprint density at radius 2 is 2.36 bits per heavy atom. The lowest BCUT2D eigenvalue weighted by Gasteiger charge is -2.09. The molecule has 14 heavy (non-hydrogen) atoms. The summed E-state index contributed by atoms with van der Waals surface area (Å²) in [7, 11) is 0. The summed E-state index contributed by atoms with van der Waals surface area (Å²) in [5.74, 6) is -0.367. The van der Waals surface area contributed by atoms with Crippen LogP contribution in [0.5, 0.6) is 0 Å². The molecule has 0 atom stereocenters. The molecule has 0 aliphatic heterocycles. The van der Waals surface area contributed by atoms with Gasteiger partial charge < -0.3 is 10.5 Å². The number of pyridine rings is 1. The molecular formula is C10H14N2O2. The fraction of sp³-hybridized carbons (Fsp3) is 0.400. The molecule has 4 heteroatoms. The first-order valence-electron chi connectivity index (χ1n) is 4.50. The predicted molar refractivity (Wildman–Crippen MR) is 52.7 cm³/mol. The Bertz CT molecular complexity index is 324. The molecule has 2 N–H and O–H groups in total. The smallest absolute Gasteiger partial charge is 0.340 e. The Morgan fingerprint density at radius 3 is 2.93 bits per heavy atom. The third-order valence-electron chi connectivity index (χ3n) is 1.65. The SMILES string of the molecule is CC(C)OC(=O)c1cccnc1CN. The van der Waals surface area contributed by atoms with Crippen LogP contribution in [-0.4, -0.2) is 17.1 Å². The van der Waals surface area contributed by atoms with E-state index in [-0.39, 0.29) is 18.6 Å². The standard InChI is InChI=1S/C10H14N2O2/c1-7(2)14-10(13)8-4-3-5-12-9(8)6-11/h3-5,7H,6,11H2,1-2H3. The Labute approximate surface area is 83.1 Å². The Kier molecular flexibility index (Phi) is 3.59. The number of esters is 1. The van der Waals surface area contributed by atoms with E-state index in [9.17, 15) is 4.79 Å². The van der Waals surface area contributed by atoms with Crippen LogP contribution in [0.3, 0.4) is 0 Å². The highest BCUT2D eigenvalue weighted by Crippen LogP contribution is 2.07. The van der Waals surface area contributed by atoms with Crippen molar-refractivity contribution in [1.82, 2.24) is 4.98 Å². The van der Waals surface area contributed by atoms with Crippen molar-refractivity contribution >= 4 is 5.97 Å². The zero-order chi connectivity index (χ0) is 10.6. The summed E-state index contributed by atoms with van der Waals surface area (Å²) in [5, 5.41) is 0. The molecule has 0 radical (unpaired) electrons. The lowest BCUT2D eigenvalue weighted by molar-refractivity contribution is 0.0376. The van der Waals surface area contributed by atoms with E-state index in [4.69, 9.17) is 10.5 Å². The summed E-state index contributed by atoms with van der Waals surface area (Å²) < 4.78 is 5.04. The van der Waals surface area contributed by atoms with Gasteiger partial charge in [-0.3, -0.25) is 4.98 Å². The maximum absolute atomic E-state index is 11.5. The number of aromatic nitrogens is 1. The molecule has 0 fully saturated rings. The highest BCUT2D eigenvalue weighted by molar-refractivity contribution is 5.90. The molecule has 0 unspecified atom stereocenters. The summed E-state index contributed by atoms with van der Waals surface area (Å²) in [5.41, 5.74) is 6.46. The van der Waals surface area contributed by atoms with Gasteiger partial charge in [0.15, 0.2) is 0 Å². The molecule has 0 saturated carbocycles. The van der Waals surface area contributed by atoms with Crippen LogP contribution in [0.15, 0.2) is 18.3 Å². The van der Waals surface area contributed by atoms with E-state index in [0.29, 0.717) is 11.3 Å². The Balaban J connectivity index is 2.88. The van der Waals surface area contributed by atoms with E-state index >= 15 is 0 Å². The van der Waals surface area contributed by atoms with Crippen molar-refractivity contribution in [2.75, 3.05) is 0 Å². The summed E-state index contributed by atoms with van der Waals surface area (Å²) in [4.78, 5) is 15.5. The van der Waals surface area contributed by atoms with Gasteiger partial charge in [-0.15, -0.1) is 0 Å². The van der Waals surface area contributed by atoms with Crippen molar-refractivity contribution in [3.63, 3.8) is 0 Å². The minimum absolute atomic E-state index is 0.131. The van der Waals surface area contributed by atoms with E-state index < -0.39 is 0 Å². The van der Waals surface area contributed by atoms with Gasteiger partial charge in [-0.2, -0.15) is 0 Å². The molecule has 1 aromatic rings. The predicted octanol–water partition coefficient (Wildman–Crippen LogP) is 1.11. The first-order chi connectivity index (χ1) is 6.65. The van der Waals surface area contributed by atoms with Crippen molar-refractivity contribution in [2.45, 2.75) is 26.5 Å². The molecule has 1 heterocycles. The minimum Gasteiger partial charge on any atom is -0.459 e. The molecule has 0 bridgehead atoms. The Morgan fingerprint density at radius 1 is 1.64 bits per heavy atom. The number of rotatable bonds is 3. The van der Waals surface area contributed by atoms with Gasteiger partial charge >= 0.3 is 5.97 Å². The van der Waals surface area contributed by atoms with Gasteiger partial charge in [-0.1, -0.05) is 0 Å². The van der Waals surface area contributed by atoms with Crippen molar-refractivity contribution in [1.29, 1.82) is 0 Å². The third kappa shape index (κ3) is 2.53. The molecule has 0 aliphatic rings. The van der Waals surface area contributed by atoms with E-state index in [1.165, 1.54) is 0 Å². The van der Waals surface area contributed by atoms with Gasteiger partial charge in [-0.25, -0.2) is 4.79 Å². The largest absolute Gasteiger partial charge is 0.459 e. The molecule has 0 aromatic carbocycles. The number of nitrogens with two attached hydrogens (primary N) is 1. The van der Waals surface area contributed by atoms with Gasteiger partial charge in [0.25, 0.3) is 0 Å². The zero-order valence-electron chi connectivity index (χ0n) is 8.36. The molecule has 76 valence electrons. The molecule has 4 nitrogen and oxygen atoms in total. The summed E-state index contributed by atoms with van der Waals surface area (Å²) in [6.07, 6.45) is 1.47. The van der Waals surface area contributed by atoms with Gasteiger partial charge in [0.2, 0.25) is 0 Å². The van der Waals surface area contributed by atoms with Crippen LogP contribution >= 0.6 is 0 Å². The number of carbonyl (C=O) groups is 1. The van der Waals surface area contributed by atoms with Crippen LogP contribution < -0.4 is 5.73 Å². The van der Waals surface area contributed by atoms with E-state index in [1.54, 1.807) is 32.2 Å². The summed E-state index contributed by atoms with van der Waals surface area (Å²) in [6, 6.07) is 3.36. The van der Waals surface area contributed by atoms with Gasteiger partial charge in [0, 0.05) is 12.7 Å². The van der Waals surface area contributed by atoms with Crippen molar-refractivity contribution in [3.8, 4) is 0 Å². The summed E-state index contributed by atoms with van der Waals surface area (Å²) in [6.45, 7) is 3.84. The maximum Gasteiger partial charge on any atom is 0.340 e. The van der Waals surface area contributed by atoms with E-state index in [2.05, 4.69) is 4.98 Å². The van der Waals surface area contributed by atoms with E-state index in [1.807, 2.05) is 0 Å². The molecular weight excluding hydrogens is 180 g/mol. The first-order valence-corrected chi connectivity index (χ1v) is 4.50. The Hall–Kier alpha value is -1.42. The monoisotopic (exact) mass is 194 g/mol. The maximum atomic E-state index is 11.5. The van der Waals surface area contributed by atoms with E-state index in [0.717, 1.165) is 0 Å². The first kappa shape index (κ1) is 10.7. The van der Waals surface area contributed by atoms with Crippen molar-refractivity contribution < 1.29 is 9.53 Å². The highest BCUT2D eigenvalue weighted by Gasteiger charge is 2.13. The van der Waals surface area contributed by atoms with Crippen molar-refractivity contribution in [2.24, 2.45) is 5.73 Å². The number of nitrogens with zero attached hydrogens (tertiary/aromatic N) is 1. The number of ether oxygens (including phenoxy) is 1. The number of hydrogen-bond donors (Lipinski definition) is 1. The normalized spacial score (nSPS) is 10.3. The van der Waals surface area contributed by atoms with Gasteiger partial charge in [0.05, 0.1) is 17.4 Å². The second-order valence-corrected chi connectivity index (χ2v) is 3.16. The van der Waals surface area contributed by atoms with Crippen LogP contribution in [0.25, 0.3) is 0 Å². The lowest BCUT2D eigenvalue weighted by Crippen LogP contribution is -2.15. The topological polar surface area (TPSA) is 65.2 Å². The molecule has 0 saturated heterocycles. The van der Waals surface area contributed by atoms with Crippen LogP contribution in [0, 0.1) is 0 Å². The summed E-state index contributed by atoms with van der Waals surface area (Å²) >= 11 is 0. The molecule has 0 aliphatic carbocycles. The highest BCUT2D eigenvalue weighted by atomic mass is 16.5. The van der Waals surface area contributed by atoms with Crippen LogP contribution in [0.1, 0.15) is 29.9 Å². The van der Waals surface area contributed by atoms with Gasteiger partial charge in [0.1, 0.15) is 0 Å². The quantitative estimate of drug-likeness (QED) is 0.732. The third-order valence-corrected chi connectivity index (χ3v) is 1.65. The average Bonchev–Trinajstić information content (AvgIpc) is 2.16. The minimum atomic E-state index is -0.367. The average molecular weight is 194 g/mol. The fourth-order valence-electron chi connectivity index (χ4n) is 1.06. The fourth-order valence-corrected chi connectivity index (χ4v) is 1.06. The van der Waals surface area contributed by atoms with Crippen molar-refractivity contribution in [3.05, 3.63) is 29.6 Å². The molecule has 1 rings (SSSR count). The molecule has 0 amide bonds. The number of carbonyl (C=O) groups excluding carboxylic acids is 1. The second kappa shape index (κ2) is 4.72. The number of hydrogen-bond acceptors (Lipinski definition) is 4. The van der Waals surface area contributed by atoms with Gasteiger partial charge in [-0.05, 0) is 26.0 Å². The second-order valence-electron chi connectivity index (χ2n) is 3.16. The van der Waals surface area contributed by atoms with Crippen LogP contribution in [0.2, 0.25) is 0 Å². The lowest BCUT2D eigenvalue weighted by atomic mass is 10.2.